The molecule has 0 spiro atoms. The van der Waals surface area contributed by atoms with E-state index in [1.807, 2.05) is 42.5 Å². The second-order valence-corrected chi connectivity index (χ2v) is 6.05. The van der Waals surface area contributed by atoms with E-state index in [0.29, 0.717) is 12.4 Å². The van der Waals surface area contributed by atoms with Gasteiger partial charge in [0.15, 0.2) is 16.5 Å². The minimum atomic E-state index is 0.289. The first-order chi connectivity index (χ1) is 11.8. The van der Waals surface area contributed by atoms with Gasteiger partial charge in [0.25, 0.3) is 0 Å². The quantitative estimate of drug-likeness (QED) is 0.610. The maximum atomic E-state index is 8.71. The number of nitrogens with zero attached hydrogens (tertiary/aromatic N) is 4. The van der Waals surface area contributed by atoms with Crippen LogP contribution < -0.4 is 5.32 Å². The number of hydrogen-bond donors (Lipinski definition) is 1. The molecule has 0 atom stereocenters. The number of thiazole rings is 1. The van der Waals surface area contributed by atoms with Crippen molar-refractivity contribution in [3.8, 4) is 16.8 Å². The minimum absolute atomic E-state index is 0.289. The predicted molar refractivity (Wildman–Crippen MR) is 91.4 cm³/mol. The topological polar surface area (TPSA) is 87.6 Å². The van der Waals surface area contributed by atoms with E-state index in [9.17, 15) is 0 Å². The fraction of sp³-hybridized carbons (Fsp3) is 0.0588. The highest BCUT2D eigenvalue weighted by atomic mass is 32.1. The molecular weight excluding hydrogens is 322 g/mol. The molecule has 0 saturated carbocycles. The lowest BCUT2D eigenvalue weighted by atomic mass is 10.3. The average molecular weight is 333 g/mol. The fourth-order valence-corrected chi connectivity index (χ4v) is 3.16. The Hall–Kier alpha value is -3.24. The lowest BCUT2D eigenvalue weighted by molar-refractivity contribution is 0.531. The van der Waals surface area contributed by atoms with E-state index in [2.05, 4.69) is 20.5 Å². The number of benzene rings is 1. The van der Waals surface area contributed by atoms with Crippen LogP contribution in [0.3, 0.4) is 0 Å². The zero-order chi connectivity index (χ0) is 16.4. The summed E-state index contributed by atoms with van der Waals surface area (Å²) in [6.07, 6.45) is 0. The van der Waals surface area contributed by atoms with Gasteiger partial charge in [0.2, 0.25) is 0 Å². The second-order valence-electron chi connectivity index (χ2n) is 5.02. The van der Waals surface area contributed by atoms with E-state index in [-0.39, 0.29) is 5.69 Å². The molecule has 0 aliphatic carbocycles. The zero-order valence-corrected chi connectivity index (χ0v) is 13.2. The van der Waals surface area contributed by atoms with Crippen molar-refractivity contribution in [1.29, 1.82) is 5.26 Å². The van der Waals surface area contributed by atoms with Gasteiger partial charge in [0.05, 0.1) is 16.8 Å². The van der Waals surface area contributed by atoms with Gasteiger partial charge in [-0.05, 0) is 36.4 Å². The molecule has 1 aromatic carbocycles. The van der Waals surface area contributed by atoms with Gasteiger partial charge in [-0.3, -0.25) is 0 Å². The Morgan fingerprint density at radius 3 is 2.79 bits per heavy atom. The number of nitriles is 1. The van der Waals surface area contributed by atoms with Crippen LogP contribution in [-0.4, -0.2) is 15.2 Å². The summed E-state index contributed by atoms with van der Waals surface area (Å²) < 4.78 is 6.99. The molecule has 1 N–H and O–H groups in total. The van der Waals surface area contributed by atoms with Crippen LogP contribution in [0, 0.1) is 11.3 Å². The van der Waals surface area contributed by atoms with Crippen molar-refractivity contribution in [3.05, 3.63) is 60.0 Å². The van der Waals surface area contributed by atoms with Gasteiger partial charge in [0.1, 0.15) is 17.6 Å². The Labute approximate surface area is 141 Å². The van der Waals surface area contributed by atoms with Gasteiger partial charge < -0.3 is 9.73 Å². The molecule has 6 nitrogen and oxygen atoms in total. The van der Waals surface area contributed by atoms with Crippen LogP contribution in [0.15, 0.2) is 52.9 Å². The van der Waals surface area contributed by atoms with Gasteiger partial charge in [-0.1, -0.05) is 12.1 Å². The summed E-state index contributed by atoms with van der Waals surface area (Å²) in [6, 6.07) is 17.1. The Bertz CT molecular complexity index is 996. The molecule has 0 fully saturated rings. The highest BCUT2D eigenvalue weighted by Gasteiger charge is 2.10. The monoisotopic (exact) mass is 333 g/mol. The maximum Gasteiger partial charge on any atom is 0.163 e. The van der Waals surface area contributed by atoms with Crippen molar-refractivity contribution >= 4 is 27.4 Å². The van der Waals surface area contributed by atoms with Crippen molar-refractivity contribution in [2.75, 3.05) is 5.32 Å². The summed E-state index contributed by atoms with van der Waals surface area (Å²) in [4.78, 5) is 4.59. The van der Waals surface area contributed by atoms with Crippen LogP contribution in [0.1, 0.15) is 11.5 Å². The highest BCUT2D eigenvalue weighted by Crippen LogP contribution is 2.31. The van der Waals surface area contributed by atoms with Gasteiger partial charge in [0, 0.05) is 0 Å². The predicted octanol–water partition coefficient (Wildman–Crippen LogP) is 3.83. The van der Waals surface area contributed by atoms with Crippen molar-refractivity contribution in [2.24, 2.45) is 0 Å². The molecule has 4 rings (SSSR count). The zero-order valence-electron chi connectivity index (χ0n) is 12.4. The molecule has 0 bridgehead atoms. The first-order valence-electron chi connectivity index (χ1n) is 7.24. The van der Waals surface area contributed by atoms with Crippen molar-refractivity contribution in [2.45, 2.75) is 6.54 Å². The van der Waals surface area contributed by atoms with Crippen molar-refractivity contribution < 1.29 is 4.42 Å². The number of furan rings is 1. The van der Waals surface area contributed by atoms with Gasteiger partial charge in [-0.15, -0.1) is 21.5 Å². The summed E-state index contributed by atoms with van der Waals surface area (Å²) in [6.45, 7) is 0.478. The Kier molecular flexibility index (Phi) is 3.65. The molecule has 0 amide bonds. The molecule has 0 saturated heterocycles. The van der Waals surface area contributed by atoms with E-state index in [4.69, 9.17) is 9.68 Å². The molecule has 0 aliphatic heterocycles. The van der Waals surface area contributed by atoms with E-state index in [0.717, 1.165) is 26.7 Å². The largest absolute Gasteiger partial charge is 0.457 e. The third kappa shape index (κ3) is 2.83. The maximum absolute atomic E-state index is 8.71. The lowest BCUT2D eigenvalue weighted by Crippen LogP contribution is -2.01. The van der Waals surface area contributed by atoms with E-state index < -0.39 is 0 Å². The summed E-state index contributed by atoms with van der Waals surface area (Å²) in [5.74, 6) is 2.11. The standard InChI is InChI=1S/C17H11N5OS/c18-9-11-5-8-16(22-21-11)19-10-12-6-7-14(23-12)17-20-13-3-1-2-4-15(13)24-17/h1-8H,10H2,(H,19,22). The Morgan fingerprint density at radius 1 is 1.08 bits per heavy atom. The van der Waals surface area contributed by atoms with E-state index in [1.165, 1.54) is 0 Å². The van der Waals surface area contributed by atoms with Crippen LogP contribution in [0.25, 0.3) is 21.0 Å². The molecule has 4 aromatic rings. The summed E-state index contributed by atoms with van der Waals surface area (Å²) in [5, 5.41) is 20.4. The van der Waals surface area contributed by atoms with Gasteiger partial charge >= 0.3 is 0 Å². The summed E-state index contributed by atoms with van der Waals surface area (Å²) in [7, 11) is 0. The minimum Gasteiger partial charge on any atom is -0.457 e. The molecule has 0 radical (unpaired) electrons. The third-order valence-electron chi connectivity index (χ3n) is 3.39. The average Bonchev–Trinajstić information content (AvgIpc) is 3.27. The molecular formula is C17H11N5OS. The molecule has 24 heavy (non-hydrogen) atoms. The number of rotatable bonds is 4. The number of hydrogen-bond acceptors (Lipinski definition) is 7. The molecule has 7 heteroatoms. The van der Waals surface area contributed by atoms with Crippen LogP contribution in [0.4, 0.5) is 5.82 Å². The Balaban J connectivity index is 1.49. The smallest absolute Gasteiger partial charge is 0.163 e. The molecule has 3 heterocycles. The summed E-state index contributed by atoms with van der Waals surface area (Å²) in [5.41, 5.74) is 1.26. The number of aromatic nitrogens is 3. The van der Waals surface area contributed by atoms with E-state index >= 15 is 0 Å². The first kappa shape index (κ1) is 14.4. The van der Waals surface area contributed by atoms with Gasteiger partial charge in [-0.2, -0.15) is 5.26 Å². The van der Waals surface area contributed by atoms with Gasteiger partial charge in [-0.25, -0.2) is 4.98 Å². The number of nitrogens with one attached hydrogen (secondary N) is 1. The molecule has 3 aromatic heterocycles. The van der Waals surface area contributed by atoms with Crippen molar-refractivity contribution in [3.63, 3.8) is 0 Å². The Morgan fingerprint density at radius 2 is 2.00 bits per heavy atom. The van der Waals surface area contributed by atoms with E-state index in [1.54, 1.807) is 23.5 Å². The van der Waals surface area contributed by atoms with Crippen molar-refractivity contribution in [1.82, 2.24) is 15.2 Å². The number of anilines is 1. The number of fused-ring (bicyclic) bond motifs is 1. The summed E-state index contributed by atoms with van der Waals surface area (Å²) >= 11 is 1.60. The number of para-hydroxylation sites is 1. The van der Waals surface area contributed by atoms with Crippen LogP contribution >= 0.6 is 11.3 Å². The second kappa shape index (κ2) is 6.10. The normalized spacial score (nSPS) is 10.6. The third-order valence-corrected chi connectivity index (χ3v) is 4.44. The van der Waals surface area contributed by atoms with Crippen LogP contribution in [0.5, 0.6) is 0 Å². The SMILES string of the molecule is N#Cc1ccc(NCc2ccc(-c3nc4ccccc4s3)o2)nn1. The fourth-order valence-electron chi connectivity index (χ4n) is 2.23. The molecule has 0 aliphatic rings. The lowest BCUT2D eigenvalue weighted by Gasteiger charge is -2.01. The molecule has 0 unspecified atom stereocenters. The molecule has 116 valence electrons. The highest BCUT2D eigenvalue weighted by molar-refractivity contribution is 7.21. The first-order valence-corrected chi connectivity index (χ1v) is 8.06. The van der Waals surface area contributed by atoms with Crippen LogP contribution in [-0.2, 0) is 6.54 Å². The van der Waals surface area contributed by atoms with Crippen LogP contribution in [0.2, 0.25) is 0 Å².